The minimum Gasteiger partial charge on any atom is -0.447 e. The monoisotopic (exact) mass is 563 g/mol. The van der Waals surface area contributed by atoms with Crippen molar-refractivity contribution < 1.29 is 38.0 Å². The van der Waals surface area contributed by atoms with E-state index in [1.165, 1.54) is 18.2 Å². The minimum atomic E-state index is -1.06. The van der Waals surface area contributed by atoms with Crippen molar-refractivity contribution in [1.82, 2.24) is 15.5 Å². The van der Waals surface area contributed by atoms with Crippen molar-refractivity contribution in [1.29, 1.82) is 0 Å². The fourth-order valence-corrected chi connectivity index (χ4v) is 5.23. The zero-order valence-electron chi connectivity index (χ0n) is 21.9. The summed E-state index contributed by atoms with van der Waals surface area (Å²) in [5.74, 6) is 1.72. The molecule has 1 atom stereocenters. The Labute approximate surface area is 238 Å². The van der Waals surface area contributed by atoms with Crippen LogP contribution in [-0.2, 0) is 9.59 Å². The van der Waals surface area contributed by atoms with Gasteiger partial charge in [0.2, 0.25) is 17.6 Å². The Bertz CT molecular complexity index is 1770. The average molecular weight is 564 g/mol. The van der Waals surface area contributed by atoms with Gasteiger partial charge in [0.05, 0.1) is 16.7 Å². The molecule has 0 saturated carbocycles. The molecule has 2 N–H and O–H groups in total. The number of rotatable bonds is 5. The van der Waals surface area contributed by atoms with Crippen LogP contribution in [0.4, 0.5) is 0 Å². The number of imide groups is 2. The van der Waals surface area contributed by atoms with Gasteiger partial charge >= 0.3 is 0 Å². The number of piperidine rings is 1. The molecule has 1 unspecified atom stereocenters. The van der Waals surface area contributed by atoms with E-state index in [9.17, 15) is 33.6 Å². The molecule has 6 rings (SSSR count). The van der Waals surface area contributed by atoms with Gasteiger partial charge in [-0.1, -0.05) is 42.2 Å². The van der Waals surface area contributed by atoms with Crippen molar-refractivity contribution in [3.8, 4) is 11.8 Å². The van der Waals surface area contributed by atoms with Crippen LogP contribution in [0.1, 0.15) is 94.6 Å². The van der Waals surface area contributed by atoms with Gasteiger partial charge in [-0.2, -0.15) is 0 Å². The number of hydrogen-bond acceptors (Lipinski definition) is 8. The third-order valence-corrected chi connectivity index (χ3v) is 7.28. The molecule has 42 heavy (non-hydrogen) atoms. The molecule has 1 aromatic heterocycles. The lowest BCUT2D eigenvalue weighted by Crippen LogP contribution is -2.54. The predicted molar refractivity (Wildman–Crippen MR) is 144 cm³/mol. The molecule has 1 fully saturated rings. The first kappa shape index (κ1) is 26.6. The second-order valence-corrected chi connectivity index (χ2v) is 9.89. The summed E-state index contributed by atoms with van der Waals surface area (Å²) in [5, 5.41) is 4.83. The van der Waals surface area contributed by atoms with Gasteiger partial charge in [0.15, 0.2) is 17.3 Å². The van der Waals surface area contributed by atoms with Gasteiger partial charge in [0, 0.05) is 42.1 Å². The Morgan fingerprint density at radius 1 is 0.929 bits per heavy atom. The van der Waals surface area contributed by atoms with Gasteiger partial charge in [-0.25, -0.2) is 0 Å². The zero-order valence-corrected chi connectivity index (χ0v) is 21.9. The highest BCUT2D eigenvalue weighted by Gasteiger charge is 2.45. The highest BCUT2D eigenvalue weighted by atomic mass is 16.4. The molecule has 1 aliphatic carbocycles. The van der Waals surface area contributed by atoms with Crippen molar-refractivity contribution in [2.45, 2.75) is 31.7 Å². The molecule has 3 heterocycles. The first-order chi connectivity index (χ1) is 20.3. The topological polar surface area (TPSA) is 160 Å². The molecular formula is C31H21N3O8. The number of amides is 5. The molecule has 0 bridgehead atoms. The largest absolute Gasteiger partial charge is 0.447 e. The molecule has 11 nitrogen and oxygen atoms in total. The lowest BCUT2D eigenvalue weighted by atomic mass is 9.89. The molecule has 0 radical (unpaired) electrons. The normalized spacial score (nSPS) is 17.2. The molecule has 3 aliphatic rings. The summed E-state index contributed by atoms with van der Waals surface area (Å²) in [6.07, 6.45) is 0.861. The van der Waals surface area contributed by atoms with Crippen LogP contribution >= 0.6 is 0 Å². The predicted octanol–water partition coefficient (Wildman–Crippen LogP) is 2.02. The van der Waals surface area contributed by atoms with E-state index >= 15 is 0 Å². The summed E-state index contributed by atoms with van der Waals surface area (Å²) in [6, 6.07) is 11.3. The van der Waals surface area contributed by atoms with Crippen molar-refractivity contribution in [3.05, 3.63) is 93.4 Å². The number of hydrogen-bond donors (Lipinski definition) is 2. The Kier molecular flexibility index (Phi) is 6.59. The number of unbranched alkanes of at least 4 members (excludes halogenated alkanes) is 1. The Hall–Kier alpha value is -5.63. The molecule has 11 heteroatoms. The maximum absolute atomic E-state index is 13.2. The molecule has 208 valence electrons. The zero-order chi connectivity index (χ0) is 29.5. The lowest BCUT2D eigenvalue weighted by Gasteiger charge is -2.27. The van der Waals surface area contributed by atoms with Crippen molar-refractivity contribution in [3.63, 3.8) is 0 Å². The maximum Gasteiger partial charge on any atom is 0.287 e. The van der Waals surface area contributed by atoms with Crippen LogP contribution in [0, 0.1) is 11.8 Å². The van der Waals surface area contributed by atoms with Gasteiger partial charge in [-0.15, -0.1) is 0 Å². The summed E-state index contributed by atoms with van der Waals surface area (Å²) in [5.41, 5.74) is 1.13. The van der Waals surface area contributed by atoms with Crippen molar-refractivity contribution in [2.75, 3.05) is 6.54 Å². The Morgan fingerprint density at radius 2 is 1.67 bits per heavy atom. The second kappa shape index (κ2) is 10.4. The van der Waals surface area contributed by atoms with E-state index < -0.39 is 41.4 Å². The third-order valence-electron chi connectivity index (χ3n) is 7.28. The number of fused-ring (bicyclic) bond motifs is 3. The van der Waals surface area contributed by atoms with E-state index in [4.69, 9.17) is 4.42 Å². The molecule has 0 spiro atoms. The molecular weight excluding hydrogens is 542 g/mol. The van der Waals surface area contributed by atoms with Crippen molar-refractivity contribution in [2.24, 2.45) is 0 Å². The van der Waals surface area contributed by atoms with Crippen LogP contribution in [0.5, 0.6) is 0 Å². The van der Waals surface area contributed by atoms with Crippen LogP contribution in [0.25, 0.3) is 0 Å². The fourth-order valence-electron chi connectivity index (χ4n) is 5.23. The van der Waals surface area contributed by atoms with Crippen LogP contribution < -0.4 is 10.6 Å². The molecule has 3 aromatic rings. The van der Waals surface area contributed by atoms with Gasteiger partial charge < -0.3 is 9.73 Å². The average Bonchev–Trinajstić information content (AvgIpc) is 3.54. The number of carbonyl (C=O) groups excluding carboxylic acids is 7. The van der Waals surface area contributed by atoms with E-state index in [2.05, 4.69) is 22.5 Å². The quantitative estimate of drug-likeness (QED) is 0.212. The lowest BCUT2D eigenvalue weighted by molar-refractivity contribution is -0.136. The van der Waals surface area contributed by atoms with Crippen LogP contribution in [0.3, 0.4) is 0 Å². The SMILES string of the molecule is O=C1CCC(N2C(=O)c3cccc(C#CCCCNC(=O)c4cc5c(o4)C(=O)c4ccccc4C5=O)c3C2=O)C(=O)N1. The van der Waals surface area contributed by atoms with E-state index in [0.717, 1.165) is 4.90 Å². The first-order valence-electron chi connectivity index (χ1n) is 13.2. The fraction of sp³-hybridized carbons (Fsp3) is 0.194. The van der Waals surface area contributed by atoms with E-state index in [-0.39, 0.29) is 64.5 Å². The highest BCUT2D eigenvalue weighted by Crippen LogP contribution is 2.31. The number of nitrogens with one attached hydrogen (secondary N) is 2. The molecule has 2 aliphatic heterocycles. The Balaban J connectivity index is 1.07. The van der Waals surface area contributed by atoms with Gasteiger partial charge in [-0.05, 0) is 25.0 Å². The highest BCUT2D eigenvalue weighted by molar-refractivity contribution is 6.28. The van der Waals surface area contributed by atoms with E-state index in [1.54, 1.807) is 30.3 Å². The van der Waals surface area contributed by atoms with Gasteiger partial charge in [0.25, 0.3) is 17.7 Å². The minimum absolute atomic E-state index is 0.0276. The molecule has 1 saturated heterocycles. The summed E-state index contributed by atoms with van der Waals surface area (Å²) in [4.78, 5) is 88.8. The summed E-state index contributed by atoms with van der Waals surface area (Å²) >= 11 is 0. The summed E-state index contributed by atoms with van der Waals surface area (Å²) in [6.45, 7) is 0.217. The Morgan fingerprint density at radius 3 is 2.43 bits per heavy atom. The maximum atomic E-state index is 13.2. The van der Waals surface area contributed by atoms with Crippen LogP contribution in [0.2, 0.25) is 0 Å². The number of furan rings is 1. The van der Waals surface area contributed by atoms with E-state index in [0.29, 0.717) is 18.4 Å². The number of nitrogens with zero attached hydrogens (tertiary/aromatic N) is 1. The van der Waals surface area contributed by atoms with Gasteiger partial charge in [0.1, 0.15) is 6.04 Å². The van der Waals surface area contributed by atoms with E-state index in [1.807, 2.05) is 0 Å². The number of benzene rings is 2. The smallest absolute Gasteiger partial charge is 0.287 e. The third kappa shape index (κ3) is 4.39. The van der Waals surface area contributed by atoms with Crippen LogP contribution in [-0.4, -0.2) is 58.6 Å². The summed E-state index contributed by atoms with van der Waals surface area (Å²) < 4.78 is 5.45. The standard InChI is InChI=1S/C31H21N3O8/c35-23-13-12-21(28(38)33-23)34-30(40)19-11-6-8-16(24(19)31(34)41)7-2-1-5-14-32-29(39)22-15-20-25(36)17-9-3-4-10-18(17)26(37)27(20)42-22/h3-4,6,8-11,15,21H,1,5,12-14H2,(H,32,39)(H,33,35,38). The number of carbonyl (C=O) groups is 7. The van der Waals surface area contributed by atoms with Crippen LogP contribution in [0.15, 0.2) is 52.9 Å². The molecule has 5 amide bonds. The van der Waals surface area contributed by atoms with Gasteiger partial charge in [-0.3, -0.25) is 43.8 Å². The number of ketones is 2. The first-order valence-corrected chi connectivity index (χ1v) is 13.2. The second-order valence-electron chi connectivity index (χ2n) is 9.89. The van der Waals surface area contributed by atoms with Crippen molar-refractivity contribution >= 4 is 41.1 Å². The molecule has 2 aromatic carbocycles. The summed E-state index contributed by atoms with van der Waals surface area (Å²) in [7, 11) is 0.